The molecule has 0 N–H and O–H groups in total. The molecule has 0 bridgehead atoms. The van der Waals surface area contributed by atoms with Crippen molar-refractivity contribution in [3.63, 3.8) is 0 Å². The Bertz CT molecular complexity index is 626. The van der Waals surface area contributed by atoms with Gasteiger partial charge in [0.2, 0.25) is 0 Å². The minimum absolute atomic E-state index is 0.529. The fourth-order valence-electron chi connectivity index (χ4n) is 3.79. The third-order valence-electron chi connectivity index (χ3n) is 5.01. The second-order valence-electron chi connectivity index (χ2n) is 6.83. The highest BCUT2D eigenvalue weighted by molar-refractivity contribution is 7.09. The van der Waals surface area contributed by atoms with E-state index in [1.54, 1.807) is 0 Å². The van der Waals surface area contributed by atoms with Gasteiger partial charge in [0, 0.05) is 37.1 Å². The van der Waals surface area contributed by atoms with Crippen molar-refractivity contribution in [3.05, 3.63) is 34.0 Å². The number of likely N-dealkylation sites (tertiary alicyclic amines) is 1. The number of hydrogen-bond acceptors (Lipinski definition) is 4. The first kappa shape index (κ1) is 14.4. The van der Waals surface area contributed by atoms with E-state index in [9.17, 15) is 0 Å². The largest absolute Gasteiger partial charge is 0.295 e. The molecule has 1 unspecified atom stereocenters. The van der Waals surface area contributed by atoms with Crippen molar-refractivity contribution in [2.75, 3.05) is 13.1 Å². The molecule has 2 aromatic rings. The van der Waals surface area contributed by atoms with E-state index in [2.05, 4.69) is 33.2 Å². The van der Waals surface area contributed by atoms with Gasteiger partial charge in [-0.15, -0.1) is 11.3 Å². The molecule has 3 heterocycles. The fraction of sp³-hybridized carbons (Fsp3) is 0.647. The van der Waals surface area contributed by atoms with Crippen molar-refractivity contribution in [2.45, 2.75) is 57.5 Å². The highest BCUT2D eigenvalue weighted by Crippen LogP contribution is 2.35. The molecule has 4 rings (SSSR count). The van der Waals surface area contributed by atoms with Gasteiger partial charge in [-0.25, -0.2) is 4.98 Å². The maximum absolute atomic E-state index is 4.91. The first-order valence-electron chi connectivity index (χ1n) is 8.45. The van der Waals surface area contributed by atoms with Crippen LogP contribution in [-0.2, 0) is 6.54 Å². The molecule has 2 fully saturated rings. The molecule has 0 spiro atoms. The summed E-state index contributed by atoms with van der Waals surface area (Å²) in [6, 6.07) is 0.529. The zero-order valence-corrected chi connectivity index (χ0v) is 14.1. The van der Waals surface area contributed by atoms with Crippen LogP contribution in [-0.4, -0.2) is 32.8 Å². The number of nitrogens with zero attached hydrogens (tertiary/aromatic N) is 4. The second kappa shape index (κ2) is 6.13. The van der Waals surface area contributed by atoms with Crippen LogP contribution < -0.4 is 0 Å². The molecule has 0 radical (unpaired) electrons. The van der Waals surface area contributed by atoms with Crippen LogP contribution in [0.1, 0.15) is 60.3 Å². The summed E-state index contributed by atoms with van der Waals surface area (Å²) in [4.78, 5) is 7.44. The van der Waals surface area contributed by atoms with E-state index in [0.29, 0.717) is 6.04 Å². The molecule has 118 valence electrons. The van der Waals surface area contributed by atoms with Crippen molar-refractivity contribution >= 4 is 11.3 Å². The number of aromatic nitrogens is 3. The molecule has 22 heavy (non-hydrogen) atoms. The molecule has 1 atom stereocenters. The smallest absolute Gasteiger partial charge is 0.0959 e. The highest BCUT2D eigenvalue weighted by Gasteiger charge is 2.25. The van der Waals surface area contributed by atoms with Crippen LogP contribution in [0.4, 0.5) is 0 Å². The monoisotopic (exact) mass is 316 g/mol. The lowest BCUT2D eigenvalue weighted by molar-refractivity contribution is 0.308. The van der Waals surface area contributed by atoms with Crippen molar-refractivity contribution < 1.29 is 0 Å². The van der Waals surface area contributed by atoms with Crippen LogP contribution >= 0.6 is 11.3 Å². The molecule has 2 aromatic heterocycles. The van der Waals surface area contributed by atoms with Gasteiger partial charge in [0.15, 0.2) is 0 Å². The van der Waals surface area contributed by atoms with Crippen molar-refractivity contribution in [1.82, 2.24) is 19.7 Å². The molecule has 0 aromatic carbocycles. The van der Waals surface area contributed by atoms with Crippen LogP contribution in [0.2, 0.25) is 0 Å². The summed E-state index contributed by atoms with van der Waals surface area (Å²) in [5.74, 6) is 0.747. The second-order valence-corrected chi connectivity index (χ2v) is 7.72. The molecule has 1 aliphatic carbocycles. The number of rotatable bonds is 4. The van der Waals surface area contributed by atoms with Crippen LogP contribution in [0.5, 0.6) is 0 Å². The maximum atomic E-state index is 4.91. The van der Waals surface area contributed by atoms with Gasteiger partial charge >= 0.3 is 0 Å². The van der Waals surface area contributed by atoms with Gasteiger partial charge in [-0.2, -0.15) is 5.10 Å². The Morgan fingerprint density at radius 2 is 2.14 bits per heavy atom. The normalized spacial score (nSPS) is 23.6. The Kier molecular flexibility index (Phi) is 4.01. The van der Waals surface area contributed by atoms with E-state index in [1.165, 1.54) is 48.4 Å². The summed E-state index contributed by atoms with van der Waals surface area (Å²) < 4.78 is 2.14. The maximum Gasteiger partial charge on any atom is 0.0959 e. The molecule has 2 aliphatic rings. The van der Waals surface area contributed by atoms with E-state index in [4.69, 9.17) is 4.98 Å². The summed E-state index contributed by atoms with van der Waals surface area (Å²) in [7, 11) is 0. The lowest BCUT2D eigenvalue weighted by atomic mass is 10.1. The zero-order chi connectivity index (χ0) is 14.9. The predicted molar refractivity (Wildman–Crippen MR) is 89.2 cm³/mol. The Hall–Kier alpha value is -1.20. The Morgan fingerprint density at radius 3 is 2.91 bits per heavy atom. The Labute approximate surface area is 136 Å². The highest BCUT2D eigenvalue weighted by atomic mass is 32.1. The summed E-state index contributed by atoms with van der Waals surface area (Å²) in [5.41, 5.74) is 2.52. The molecule has 0 amide bonds. The fourth-order valence-corrected chi connectivity index (χ4v) is 4.77. The molecule has 4 nitrogen and oxygen atoms in total. The molecule has 1 saturated heterocycles. The predicted octanol–water partition coefficient (Wildman–Crippen LogP) is 3.75. The van der Waals surface area contributed by atoms with Gasteiger partial charge in [-0.3, -0.25) is 9.58 Å². The molecular formula is C17H24N4S. The van der Waals surface area contributed by atoms with Crippen LogP contribution in [0.25, 0.3) is 0 Å². The molecule has 1 aliphatic heterocycles. The number of aryl methyl sites for hydroxylation is 1. The van der Waals surface area contributed by atoms with Crippen molar-refractivity contribution in [3.8, 4) is 0 Å². The quantitative estimate of drug-likeness (QED) is 0.861. The minimum atomic E-state index is 0.529. The van der Waals surface area contributed by atoms with E-state index < -0.39 is 0 Å². The van der Waals surface area contributed by atoms with Gasteiger partial charge < -0.3 is 0 Å². The molecule has 5 heteroatoms. The van der Waals surface area contributed by atoms with E-state index >= 15 is 0 Å². The third-order valence-corrected chi connectivity index (χ3v) is 6.07. The van der Waals surface area contributed by atoms with Crippen molar-refractivity contribution in [2.24, 2.45) is 0 Å². The van der Waals surface area contributed by atoms with Gasteiger partial charge in [0.05, 0.1) is 22.9 Å². The van der Waals surface area contributed by atoms with Gasteiger partial charge in [0.1, 0.15) is 0 Å². The minimum Gasteiger partial charge on any atom is -0.295 e. The first-order chi connectivity index (χ1) is 10.8. The SMILES string of the molecule is Cc1cnn(C2CCN(Cc3csc(C4CCCC4)n3)C2)c1. The van der Waals surface area contributed by atoms with Gasteiger partial charge in [-0.1, -0.05) is 12.8 Å². The van der Waals surface area contributed by atoms with Crippen molar-refractivity contribution in [1.29, 1.82) is 0 Å². The zero-order valence-electron chi connectivity index (χ0n) is 13.2. The van der Waals surface area contributed by atoms with Gasteiger partial charge in [0.25, 0.3) is 0 Å². The van der Waals surface area contributed by atoms with Crippen LogP contribution in [0.15, 0.2) is 17.8 Å². The summed E-state index contributed by atoms with van der Waals surface area (Å²) in [6.45, 7) is 5.35. The third kappa shape index (κ3) is 2.97. The summed E-state index contributed by atoms with van der Waals surface area (Å²) in [5, 5.41) is 8.13. The first-order valence-corrected chi connectivity index (χ1v) is 9.33. The average Bonchev–Trinajstić information content (AvgIpc) is 3.26. The van der Waals surface area contributed by atoms with Gasteiger partial charge in [-0.05, 0) is 31.7 Å². The lowest BCUT2D eigenvalue weighted by Gasteiger charge is -2.14. The molecular weight excluding hydrogens is 292 g/mol. The standard InChI is InChI=1S/C17H24N4S/c1-13-8-18-21(9-13)16-6-7-20(11-16)10-15-12-22-17(19-15)14-4-2-3-5-14/h8-9,12,14,16H,2-7,10-11H2,1H3. The van der Waals surface area contributed by atoms with E-state index in [0.717, 1.165) is 25.6 Å². The number of thiazole rings is 1. The topological polar surface area (TPSA) is 34.0 Å². The average molecular weight is 316 g/mol. The molecule has 1 saturated carbocycles. The lowest BCUT2D eigenvalue weighted by Crippen LogP contribution is -2.21. The number of hydrogen-bond donors (Lipinski definition) is 0. The Morgan fingerprint density at radius 1 is 1.27 bits per heavy atom. The Balaban J connectivity index is 1.36. The summed E-state index contributed by atoms with van der Waals surface area (Å²) >= 11 is 1.88. The van der Waals surface area contributed by atoms with E-state index in [1.807, 2.05) is 17.5 Å². The summed E-state index contributed by atoms with van der Waals surface area (Å²) in [6.07, 6.45) is 10.8. The van der Waals surface area contributed by atoms with Crippen LogP contribution in [0, 0.1) is 6.92 Å². The van der Waals surface area contributed by atoms with Crippen LogP contribution in [0.3, 0.4) is 0 Å². The van der Waals surface area contributed by atoms with E-state index in [-0.39, 0.29) is 0 Å².